The molecule has 2 aromatic carbocycles. The Morgan fingerprint density at radius 1 is 0.818 bits per heavy atom. The number of rotatable bonds is 8. The monoisotopic (exact) mass is 436 g/mol. The summed E-state index contributed by atoms with van der Waals surface area (Å²) in [5, 5.41) is 21.7. The topological polar surface area (TPSA) is 87.4 Å². The quantitative estimate of drug-likeness (QED) is 0.250. The molecule has 0 saturated heterocycles. The number of anilines is 1. The van der Waals surface area contributed by atoms with Gasteiger partial charge in [-0.3, -0.25) is 5.32 Å². The van der Waals surface area contributed by atoms with Crippen molar-refractivity contribution in [3.8, 4) is 22.5 Å². The van der Waals surface area contributed by atoms with Crippen LogP contribution in [0, 0.1) is 0 Å². The third kappa shape index (κ3) is 4.74. The van der Waals surface area contributed by atoms with E-state index in [1.54, 1.807) is 10.7 Å². The molecule has 0 fully saturated rings. The highest BCUT2D eigenvalue weighted by molar-refractivity contribution is 5.71. The second-order valence-electron chi connectivity index (χ2n) is 7.60. The number of aliphatic hydroxyl groups excluding tert-OH is 1. The second kappa shape index (κ2) is 9.60. The number of pyridine rings is 1. The van der Waals surface area contributed by atoms with E-state index < -0.39 is 6.23 Å². The van der Waals surface area contributed by atoms with Crippen LogP contribution in [-0.4, -0.2) is 37.8 Å². The Morgan fingerprint density at radius 3 is 2.27 bits per heavy atom. The van der Waals surface area contributed by atoms with Crippen molar-refractivity contribution in [3.63, 3.8) is 0 Å². The van der Waals surface area contributed by atoms with Gasteiger partial charge in [0.05, 0.1) is 11.4 Å². The van der Waals surface area contributed by atoms with Crippen molar-refractivity contribution in [2.24, 2.45) is 0 Å². The first-order valence-corrected chi connectivity index (χ1v) is 10.9. The molecule has 33 heavy (non-hydrogen) atoms. The SMILES string of the molecule is OC(NCCNc1ccccn1)c1cc2nc(-c3ccccc3)cc(-c3ccccc3)n2n1. The zero-order chi connectivity index (χ0) is 22.5. The molecular weight excluding hydrogens is 412 g/mol. The lowest BCUT2D eigenvalue weighted by Crippen LogP contribution is -2.27. The van der Waals surface area contributed by atoms with Crippen molar-refractivity contribution in [1.29, 1.82) is 0 Å². The Hall–Kier alpha value is -4.07. The average molecular weight is 437 g/mol. The lowest BCUT2D eigenvalue weighted by Gasteiger charge is -2.11. The van der Waals surface area contributed by atoms with Gasteiger partial charge in [0.25, 0.3) is 0 Å². The number of benzene rings is 2. The molecule has 5 rings (SSSR count). The summed E-state index contributed by atoms with van der Waals surface area (Å²) in [6.07, 6.45) is 0.823. The van der Waals surface area contributed by atoms with Crippen molar-refractivity contribution in [3.05, 3.63) is 103 Å². The number of hydrogen-bond donors (Lipinski definition) is 3. The molecule has 3 N–H and O–H groups in total. The molecule has 164 valence electrons. The molecule has 0 aliphatic rings. The first kappa shape index (κ1) is 20.8. The van der Waals surface area contributed by atoms with E-state index >= 15 is 0 Å². The van der Waals surface area contributed by atoms with Crippen LogP contribution in [0.3, 0.4) is 0 Å². The molecule has 0 saturated carbocycles. The smallest absolute Gasteiger partial charge is 0.156 e. The van der Waals surface area contributed by atoms with Crippen LogP contribution in [0.25, 0.3) is 28.2 Å². The van der Waals surface area contributed by atoms with E-state index in [-0.39, 0.29) is 0 Å². The van der Waals surface area contributed by atoms with Crippen molar-refractivity contribution in [2.45, 2.75) is 6.23 Å². The molecule has 7 heteroatoms. The van der Waals surface area contributed by atoms with Crippen LogP contribution < -0.4 is 10.6 Å². The second-order valence-corrected chi connectivity index (χ2v) is 7.60. The Balaban J connectivity index is 1.41. The molecule has 5 aromatic rings. The van der Waals surface area contributed by atoms with Crippen LogP contribution in [0.15, 0.2) is 97.2 Å². The molecule has 3 heterocycles. The summed E-state index contributed by atoms with van der Waals surface area (Å²) in [6, 6.07) is 29.7. The summed E-state index contributed by atoms with van der Waals surface area (Å²) >= 11 is 0. The Morgan fingerprint density at radius 2 is 1.55 bits per heavy atom. The zero-order valence-electron chi connectivity index (χ0n) is 18.0. The third-order valence-electron chi connectivity index (χ3n) is 5.30. The molecule has 3 aromatic heterocycles. The molecule has 0 aliphatic carbocycles. The lowest BCUT2D eigenvalue weighted by molar-refractivity contribution is 0.136. The van der Waals surface area contributed by atoms with Crippen molar-refractivity contribution in [2.75, 3.05) is 18.4 Å². The van der Waals surface area contributed by atoms with Crippen LogP contribution in [0.5, 0.6) is 0 Å². The summed E-state index contributed by atoms with van der Waals surface area (Å²) < 4.78 is 1.79. The fraction of sp³-hybridized carbons (Fsp3) is 0.115. The van der Waals surface area contributed by atoms with E-state index in [9.17, 15) is 5.11 Å². The zero-order valence-corrected chi connectivity index (χ0v) is 18.0. The minimum atomic E-state index is -0.916. The maximum atomic E-state index is 10.7. The maximum Gasteiger partial charge on any atom is 0.156 e. The summed E-state index contributed by atoms with van der Waals surface area (Å²) in [6.45, 7) is 1.16. The predicted octanol–water partition coefficient (Wildman–Crippen LogP) is 4.15. The van der Waals surface area contributed by atoms with Crippen LogP contribution in [0.1, 0.15) is 11.9 Å². The molecule has 7 nitrogen and oxygen atoms in total. The van der Waals surface area contributed by atoms with E-state index in [1.165, 1.54) is 0 Å². The minimum Gasteiger partial charge on any atom is -0.373 e. The highest BCUT2D eigenvalue weighted by Crippen LogP contribution is 2.27. The largest absolute Gasteiger partial charge is 0.373 e. The predicted molar refractivity (Wildman–Crippen MR) is 130 cm³/mol. The number of nitrogens with one attached hydrogen (secondary N) is 2. The van der Waals surface area contributed by atoms with Gasteiger partial charge in [0, 0.05) is 36.5 Å². The molecule has 0 spiro atoms. The van der Waals surface area contributed by atoms with Gasteiger partial charge in [0.15, 0.2) is 5.65 Å². The lowest BCUT2D eigenvalue weighted by atomic mass is 10.1. The van der Waals surface area contributed by atoms with Gasteiger partial charge < -0.3 is 10.4 Å². The van der Waals surface area contributed by atoms with Gasteiger partial charge in [-0.1, -0.05) is 66.7 Å². The molecule has 0 bridgehead atoms. The number of aromatic nitrogens is 4. The summed E-state index contributed by atoms with van der Waals surface area (Å²) in [4.78, 5) is 9.04. The first-order chi connectivity index (χ1) is 16.3. The molecular formula is C26H24N6O. The van der Waals surface area contributed by atoms with E-state index in [4.69, 9.17) is 4.98 Å². The standard InChI is InChI=1S/C26H24N6O/c33-26(29-16-15-28-24-13-7-8-14-27-24)22-18-25-30-21(19-9-3-1-4-10-19)17-23(32(25)31-22)20-11-5-2-6-12-20/h1-14,17-18,26,29,33H,15-16H2,(H,27,28). The van der Waals surface area contributed by atoms with E-state index in [2.05, 4.69) is 20.7 Å². The van der Waals surface area contributed by atoms with Crippen molar-refractivity contribution >= 4 is 11.5 Å². The number of nitrogens with zero attached hydrogens (tertiary/aromatic N) is 4. The van der Waals surface area contributed by atoms with Gasteiger partial charge in [-0.05, 0) is 18.2 Å². The molecule has 0 radical (unpaired) electrons. The van der Waals surface area contributed by atoms with Gasteiger partial charge >= 0.3 is 0 Å². The van der Waals surface area contributed by atoms with Crippen LogP contribution in [-0.2, 0) is 0 Å². The average Bonchev–Trinajstić information content (AvgIpc) is 3.32. The highest BCUT2D eigenvalue weighted by atomic mass is 16.3. The number of fused-ring (bicyclic) bond motifs is 1. The summed E-state index contributed by atoms with van der Waals surface area (Å²) in [5.41, 5.74) is 5.02. The van der Waals surface area contributed by atoms with Gasteiger partial charge in [-0.2, -0.15) is 5.10 Å². The summed E-state index contributed by atoms with van der Waals surface area (Å²) in [7, 11) is 0. The van der Waals surface area contributed by atoms with Gasteiger partial charge in [-0.15, -0.1) is 0 Å². The normalized spacial score (nSPS) is 12.0. The highest BCUT2D eigenvalue weighted by Gasteiger charge is 2.16. The first-order valence-electron chi connectivity index (χ1n) is 10.9. The van der Waals surface area contributed by atoms with Gasteiger partial charge in [0.2, 0.25) is 0 Å². The molecule has 0 amide bonds. The Kier molecular flexibility index (Phi) is 6.06. The van der Waals surface area contributed by atoms with Crippen molar-refractivity contribution in [1.82, 2.24) is 24.9 Å². The summed E-state index contributed by atoms with van der Waals surface area (Å²) in [5.74, 6) is 0.798. The fourth-order valence-corrected chi connectivity index (χ4v) is 3.67. The van der Waals surface area contributed by atoms with Gasteiger partial charge in [0.1, 0.15) is 17.7 Å². The maximum absolute atomic E-state index is 10.7. The molecule has 1 unspecified atom stereocenters. The minimum absolute atomic E-state index is 0.516. The van der Waals surface area contributed by atoms with E-state index in [1.807, 2.05) is 91.0 Å². The Labute approximate surface area is 191 Å². The van der Waals surface area contributed by atoms with Crippen molar-refractivity contribution < 1.29 is 5.11 Å². The fourth-order valence-electron chi connectivity index (χ4n) is 3.67. The van der Waals surface area contributed by atoms with Crippen LogP contribution >= 0.6 is 0 Å². The molecule has 0 aliphatic heterocycles. The van der Waals surface area contributed by atoms with Crippen LogP contribution in [0.4, 0.5) is 5.82 Å². The third-order valence-corrected chi connectivity index (χ3v) is 5.30. The number of aliphatic hydroxyl groups is 1. The molecule has 1 atom stereocenters. The van der Waals surface area contributed by atoms with Gasteiger partial charge in [-0.25, -0.2) is 14.5 Å². The Bertz CT molecular complexity index is 1320. The van der Waals surface area contributed by atoms with E-state index in [0.29, 0.717) is 24.4 Å². The van der Waals surface area contributed by atoms with Crippen LogP contribution in [0.2, 0.25) is 0 Å². The van der Waals surface area contributed by atoms with E-state index in [0.717, 1.165) is 28.3 Å². The number of hydrogen-bond acceptors (Lipinski definition) is 6.